The van der Waals surface area contributed by atoms with Gasteiger partial charge in [-0.15, -0.1) is 0 Å². The van der Waals surface area contributed by atoms with Crippen LogP contribution in [0.25, 0.3) is 0 Å². The monoisotopic (exact) mass is 204 g/mol. The Morgan fingerprint density at radius 3 is 2.93 bits per heavy atom. The second kappa shape index (κ2) is 4.65. The van der Waals surface area contributed by atoms with Crippen LogP contribution >= 0.6 is 0 Å². The highest BCUT2D eigenvalue weighted by Crippen LogP contribution is 2.31. The highest BCUT2D eigenvalue weighted by molar-refractivity contribution is 5.47. The second-order valence-electron chi connectivity index (χ2n) is 4.71. The normalized spacial score (nSPS) is 18.3. The average molecular weight is 204 g/mol. The molecule has 1 saturated carbocycles. The summed E-state index contributed by atoms with van der Waals surface area (Å²) in [5.74, 6) is 0.962. The molecule has 1 unspecified atom stereocenters. The number of aromatic nitrogens is 1. The van der Waals surface area contributed by atoms with Gasteiger partial charge in [-0.3, -0.25) is 4.98 Å². The number of pyridine rings is 1. The Bertz CT molecular complexity index is 318. The summed E-state index contributed by atoms with van der Waals surface area (Å²) in [5, 5.41) is 3.55. The summed E-state index contributed by atoms with van der Waals surface area (Å²) < 4.78 is 0. The molecule has 0 aliphatic heterocycles. The van der Waals surface area contributed by atoms with E-state index in [0.717, 1.165) is 11.6 Å². The predicted molar refractivity (Wildman–Crippen MR) is 64.0 cm³/mol. The van der Waals surface area contributed by atoms with Crippen LogP contribution in [0.15, 0.2) is 18.3 Å². The molecule has 1 N–H and O–H groups in total. The third kappa shape index (κ3) is 2.71. The largest absolute Gasteiger partial charge is 0.381 e. The lowest BCUT2D eigenvalue weighted by molar-refractivity contribution is 0.286. The van der Waals surface area contributed by atoms with E-state index >= 15 is 0 Å². The van der Waals surface area contributed by atoms with E-state index < -0.39 is 0 Å². The molecule has 0 radical (unpaired) electrons. The Kier molecular flexibility index (Phi) is 3.24. The van der Waals surface area contributed by atoms with Crippen LogP contribution in [0.5, 0.6) is 0 Å². The predicted octanol–water partition coefficient (Wildman–Crippen LogP) is 3.38. The SMILES string of the molecule is Cc1ncccc1NC(C)CC1CCC1. The van der Waals surface area contributed by atoms with E-state index in [1.165, 1.54) is 31.4 Å². The van der Waals surface area contributed by atoms with Crippen LogP contribution in [-0.2, 0) is 0 Å². The lowest BCUT2D eigenvalue weighted by Crippen LogP contribution is -2.23. The van der Waals surface area contributed by atoms with Gasteiger partial charge in [0, 0.05) is 12.2 Å². The number of rotatable bonds is 4. The minimum Gasteiger partial charge on any atom is -0.381 e. The van der Waals surface area contributed by atoms with Gasteiger partial charge in [0.2, 0.25) is 0 Å². The first kappa shape index (κ1) is 10.5. The number of hydrogen-bond acceptors (Lipinski definition) is 2. The van der Waals surface area contributed by atoms with Crippen molar-refractivity contribution in [1.29, 1.82) is 0 Å². The summed E-state index contributed by atoms with van der Waals surface area (Å²) >= 11 is 0. The number of nitrogens with one attached hydrogen (secondary N) is 1. The van der Waals surface area contributed by atoms with Crippen molar-refractivity contribution in [3.8, 4) is 0 Å². The first-order valence-corrected chi connectivity index (χ1v) is 5.94. The van der Waals surface area contributed by atoms with Crippen LogP contribution in [0, 0.1) is 12.8 Å². The van der Waals surface area contributed by atoms with Gasteiger partial charge < -0.3 is 5.32 Å². The van der Waals surface area contributed by atoms with E-state index in [2.05, 4.69) is 30.2 Å². The molecule has 0 amide bonds. The van der Waals surface area contributed by atoms with E-state index in [4.69, 9.17) is 0 Å². The fraction of sp³-hybridized carbons (Fsp3) is 0.615. The smallest absolute Gasteiger partial charge is 0.0603 e. The van der Waals surface area contributed by atoms with Gasteiger partial charge in [-0.1, -0.05) is 19.3 Å². The van der Waals surface area contributed by atoms with Gasteiger partial charge >= 0.3 is 0 Å². The Balaban J connectivity index is 1.87. The van der Waals surface area contributed by atoms with Crippen LogP contribution in [0.2, 0.25) is 0 Å². The molecule has 1 aromatic heterocycles. The number of anilines is 1. The number of hydrogen-bond donors (Lipinski definition) is 1. The number of nitrogens with zero attached hydrogens (tertiary/aromatic N) is 1. The molecule has 1 fully saturated rings. The molecule has 2 nitrogen and oxygen atoms in total. The van der Waals surface area contributed by atoms with E-state index in [9.17, 15) is 0 Å². The Hall–Kier alpha value is -1.05. The maximum Gasteiger partial charge on any atom is 0.0603 e. The molecule has 0 bridgehead atoms. The van der Waals surface area contributed by atoms with Gasteiger partial charge in [-0.25, -0.2) is 0 Å². The number of aryl methyl sites for hydroxylation is 1. The third-order valence-corrected chi connectivity index (χ3v) is 3.32. The van der Waals surface area contributed by atoms with Crippen LogP contribution in [0.4, 0.5) is 5.69 Å². The lowest BCUT2D eigenvalue weighted by atomic mass is 9.81. The van der Waals surface area contributed by atoms with Crippen molar-refractivity contribution in [2.75, 3.05) is 5.32 Å². The molecular weight excluding hydrogens is 184 g/mol. The molecule has 2 rings (SSSR count). The molecule has 1 heterocycles. The van der Waals surface area contributed by atoms with Gasteiger partial charge in [0.1, 0.15) is 0 Å². The summed E-state index contributed by atoms with van der Waals surface area (Å²) in [6.07, 6.45) is 7.44. The summed E-state index contributed by atoms with van der Waals surface area (Å²) in [6, 6.07) is 4.67. The van der Waals surface area contributed by atoms with Crippen molar-refractivity contribution >= 4 is 5.69 Å². The zero-order valence-electron chi connectivity index (χ0n) is 9.66. The molecule has 0 saturated heterocycles. The highest BCUT2D eigenvalue weighted by Gasteiger charge is 2.19. The van der Waals surface area contributed by atoms with Crippen molar-refractivity contribution in [2.45, 2.75) is 45.6 Å². The van der Waals surface area contributed by atoms with E-state index in [-0.39, 0.29) is 0 Å². The highest BCUT2D eigenvalue weighted by atomic mass is 14.9. The van der Waals surface area contributed by atoms with Crippen LogP contribution in [-0.4, -0.2) is 11.0 Å². The van der Waals surface area contributed by atoms with Crippen molar-refractivity contribution in [1.82, 2.24) is 4.98 Å². The van der Waals surface area contributed by atoms with Crippen molar-refractivity contribution in [3.05, 3.63) is 24.0 Å². The summed E-state index contributed by atoms with van der Waals surface area (Å²) in [6.45, 7) is 4.32. The minimum absolute atomic E-state index is 0.568. The fourth-order valence-electron chi connectivity index (χ4n) is 2.19. The molecule has 15 heavy (non-hydrogen) atoms. The standard InChI is InChI=1S/C13H20N2/c1-10(9-12-5-3-6-12)15-13-7-4-8-14-11(13)2/h4,7-8,10,12,15H,3,5-6,9H2,1-2H3. The maximum atomic E-state index is 4.28. The molecule has 1 aliphatic carbocycles. The Morgan fingerprint density at radius 1 is 1.53 bits per heavy atom. The van der Waals surface area contributed by atoms with Gasteiger partial charge in [-0.2, -0.15) is 0 Å². The van der Waals surface area contributed by atoms with Crippen molar-refractivity contribution in [2.24, 2.45) is 5.92 Å². The van der Waals surface area contributed by atoms with Crippen LogP contribution in [0.3, 0.4) is 0 Å². The fourth-order valence-corrected chi connectivity index (χ4v) is 2.19. The summed E-state index contributed by atoms with van der Waals surface area (Å²) in [4.78, 5) is 4.28. The second-order valence-corrected chi connectivity index (χ2v) is 4.71. The summed E-state index contributed by atoms with van der Waals surface area (Å²) in [5.41, 5.74) is 2.28. The molecule has 82 valence electrons. The van der Waals surface area contributed by atoms with Crippen LogP contribution in [0.1, 0.15) is 38.3 Å². The van der Waals surface area contributed by atoms with E-state index in [1.54, 1.807) is 0 Å². The van der Waals surface area contributed by atoms with Gasteiger partial charge in [0.05, 0.1) is 11.4 Å². The lowest BCUT2D eigenvalue weighted by Gasteiger charge is -2.29. The Morgan fingerprint density at radius 2 is 2.33 bits per heavy atom. The molecule has 0 aromatic carbocycles. The van der Waals surface area contributed by atoms with E-state index in [0.29, 0.717) is 6.04 Å². The van der Waals surface area contributed by atoms with Crippen molar-refractivity contribution < 1.29 is 0 Å². The van der Waals surface area contributed by atoms with Gasteiger partial charge in [-0.05, 0) is 38.3 Å². The quantitative estimate of drug-likeness (QED) is 0.813. The van der Waals surface area contributed by atoms with Gasteiger partial charge in [0.25, 0.3) is 0 Å². The first-order chi connectivity index (χ1) is 7.25. The molecular formula is C13H20N2. The summed E-state index contributed by atoms with van der Waals surface area (Å²) in [7, 11) is 0. The molecule has 2 heteroatoms. The zero-order chi connectivity index (χ0) is 10.7. The van der Waals surface area contributed by atoms with Crippen molar-refractivity contribution in [3.63, 3.8) is 0 Å². The minimum atomic E-state index is 0.568. The van der Waals surface area contributed by atoms with E-state index in [1.807, 2.05) is 12.3 Å². The average Bonchev–Trinajstić information content (AvgIpc) is 2.16. The Labute approximate surface area is 92.1 Å². The van der Waals surface area contributed by atoms with Crippen LogP contribution < -0.4 is 5.32 Å². The van der Waals surface area contributed by atoms with Gasteiger partial charge in [0.15, 0.2) is 0 Å². The topological polar surface area (TPSA) is 24.9 Å². The third-order valence-electron chi connectivity index (χ3n) is 3.32. The molecule has 1 atom stereocenters. The molecule has 1 aromatic rings. The maximum absolute atomic E-state index is 4.28. The zero-order valence-corrected chi connectivity index (χ0v) is 9.66. The first-order valence-electron chi connectivity index (χ1n) is 5.94. The molecule has 1 aliphatic rings. The molecule has 0 spiro atoms.